The minimum absolute atomic E-state index is 0.203. The van der Waals surface area contributed by atoms with Gasteiger partial charge >= 0.3 is 0 Å². The van der Waals surface area contributed by atoms with Gasteiger partial charge in [0.1, 0.15) is 0 Å². The van der Waals surface area contributed by atoms with E-state index in [2.05, 4.69) is 21.8 Å². The lowest BCUT2D eigenvalue weighted by Gasteiger charge is -2.45. The van der Waals surface area contributed by atoms with Crippen LogP contribution >= 0.6 is 11.3 Å². The molecule has 3 heterocycles. The molecule has 1 atom stereocenters. The van der Waals surface area contributed by atoms with E-state index in [9.17, 15) is 4.79 Å². The number of nitrogens with zero attached hydrogens (tertiary/aromatic N) is 2. The first-order valence-electron chi connectivity index (χ1n) is 7.85. The predicted molar refractivity (Wildman–Crippen MR) is 87.9 cm³/mol. The molecule has 0 N–H and O–H groups in total. The zero-order valence-corrected chi connectivity index (χ0v) is 13.6. The molecule has 1 spiro atoms. The highest BCUT2D eigenvalue weighted by atomic mass is 32.1. The second-order valence-electron chi connectivity index (χ2n) is 6.38. The topological polar surface area (TPSA) is 23.6 Å². The van der Waals surface area contributed by atoms with E-state index in [1.807, 2.05) is 19.1 Å². The van der Waals surface area contributed by atoms with Gasteiger partial charge in [0, 0.05) is 25.2 Å². The highest BCUT2D eigenvalue weighted by Gasteiger charge is 2.44. The maximum atomic E-state index is 12.7. The van der Waals surface area contributed by atoms with Crippen molar-refractivity contribution in [2.24, 2.45) is 0 Å². The minimum Gasteiger partial charge on any atom is -0.336 e. The van der Waals surface area contributed by atoms with Crippen molar-refractivity contribution in [3.05, 3.63) is 34.5 Å². The fourth-order valence-corrected chi connectivity index (χ4v) is 4.75. The molecule has 0 aromatic carbocycles. The largest absolute Gasteiger partial charge is 0.336 e. The van der Waals surface area contributed by atoms with Crippen molar-refractivity contribution in [3.63, 3.8) is 0 Å². The molecule has 3 nitrogen and oxygen atoms in total. The van der Waals surface area contributed by atoms with Crippen LogP contribution in [0, 0.1) is 6.92 Å². The lowest BCUT2D eigenvalue weighted by Crippen LogP contribution is -2.56. The van der Waals surface area contributed by atoms with Crippen LogP contribution in [0.4, 0.5) is 0 Å². The van der Waals surface area contributed by atoms with E-state index in [0.717, 1.165) is 37.5 Å². The average molecular weight is 304 g/mol. The van der Waals surface area contributed by atoms with Gasteiger partial charge < -0.3 is 4.90 Å². The smallest absolute Gasteiger partial charge is 0.263 e. The summed E-state index contributed by atoms with van der Waals surface area (Å²) in [5.74, 6) is 0.220. The molecule has 21 heavy (non-hydrogen) atoms. The fourth-order valence-electron chi connectivity index (χ4n) is 3.88. The van der Waals surface area contributed by atoms with Gasteiger partial charge in [-0.05, 0) is 56.2 Å². The SMILES string of the molecule is C=CCN1CCCC12CCCN(C(=O)c1cc(C)cs1)C2. The number of hydrogen-bond donors (Lipinski definition) is 0. The Hall–Kier alpha value is -1.13. The zero-order chi connectivity index (χ0) is 14.9. The molecule has 0 bridgehead atoms. The number of thiophene rings is 1. The van der Waals surface area contributed by atoms with E-state index in [-0.39, 0.29) is 11.4 Å². The quantitative estimate of drug-likeness (QED) is 0.800. The molecule has 0 aliphatic carbocycles. The molecule has 1 amide bonds. The van der Waals surface area contributed by atoms with Crippen LogP contribution in [0.3, 0.4) is 0 Å². The second-order valence-corrected chi connectivity index (χ2v) is 7.29. The molecule has 1 aromatic rings. The van der Waals surface area contributed by atoms with E-state index in [4.69, 9.17) is 0 Å². The third kappa shape index (κ3) is 2.79. The lowest BCUT2D eigenvalue weighted by atomic mass is 9.86. The van der Waals surface area contributed by atoms with Crippen LogP contribution in [0.25, 0.3) is 0 Å². The van der Waals surface area contributed by atoms with Crippen LogP contribution in [0.1, 0.15) is 40.9 Å². The van der Waals surface area contributed by atoms with Crippen molar-refractivity contribution >= 4 is 17.2 Å². The standard InChI is InChI=1S/C17H24N2OS/c1-3-8-19-10-5-7-17(19)6-4-9-18(13-17)16(20)15-11-14(2)12-21-15/h3,11-12H,1,4-10,13H2,2H3. The van der Waals surface area contributed by atoms with Crippen LogP contribution < -0.4 is 0 Å². The number of aryl methyl sites for hydroxylation is 1. The molecular formula is C17H24N2OS. The summed E-state index contributed by atoms with van der Waals surface area (Å²) in [6.45, 7) is 9.81. The van der Waals surface area contributed by atoms with Gasteiger partial charge in [0.2, 0.25) is 0 Å². The first-order valence-corrected chi connectivity index (χ1v) is 8.73. The zero-order valence-electron chi connectivity index (χ0n) is 12.8. The Balaban J connectivity index is 1.76. The summed E-state index contributed by atoms with van der Waals surface area (Å²) >= 11 is 1.57. The van der Waals surface area contributed by atoms with Crippen LogP contribution in [-0.4, -0.2) is 47.4 Å². The normalized spacial score (nSPS) is 26.4. The van der Waals surface area contributed by atoms with Gasteiger partial charge in [0.15, 0.2) is 0 Å². The Labute approximate surface area is 131 Å². The van der Waals surface area contributed by atoms with Crippen molar-refractivity contribution < 1.29 is 4.79 Å². The summed E-state index contributed by atoms with van der Waals surface area (Å²) in [4.78, 5) is 18.2. The van der Waals surface area contributed by atoms with Crippen LogP contribution in [0.5, 0.6) is 0 Å². The van der Waals surface area contributed by atoms with Gasteiger partial charge in [-0.1, -0.05) is 6.08 Å². The van der Waals surface area contributed by atoms with Gasteiger partial charge in [0.05, 0.1) is 4.88 Å². The van der Waals surface area contributed by atoms with Gasteiger partial charge in [-0.3, -0.25) is 9.69 Å². The molecule has 2 fully saturated rings. The molecule has 0 radical (unpaired) electrons. The van der Waals surface area contributed by atoms with E-state index < -0.39 is 0 Å². The molecule has 2 aliphatic rings. The molecule has 2 saturated heterocycles. The summed E-state index contributed by atoms with van der Waals surface area (Å²) in [6, 6.07) is 2.02. The molecule has 2 aliphatic heterocycles. The molecule has 4 heteroatoms. The van der Waals surface area contributed by atoms with E-state index in [0.29, 0.717) is 0 Å². The van der Waals surface area contributed by atoms with E-state index >= 15 is 0 Å². The fraction of sp³-hybridized carbons (Fsp3) is 0.588. The van der Waals surface area contributed by atoms with Gasteiger partial charge in [-0.15, -0.1) is 17.9 Å². The third-order valence-corrected chi connectivity index (χ3v) is 5.91. The summed E-state index contributed by atoms with van der Waals surface area (Å²) in [6.07, 6.45) is 6.79. The first kappa shape index (κ1) is 14.8. The van der Waals surface area contributed by atoms with Crippen molar-refractivity contribution in [1.82, 2.24) is 9.80 Å². The summed E-state index contributed by atoms with van der Waals surface area (Å²) in [5, 5.41) is 2.06. The number of carbonyl (C=O) groups excluding carboxylic acids is 1. The van der Waals surface area contributed by atoms with E-state index in [1.54, 1.807) is 11.3 Å². The Morgan fingerprint density at radius 3 is 2.86 bits per heavy atom. The second kappa shape index (κ2) is 5.93. The Morgan fingerprint density at radius 2 is 2.19 bits per heavy atom. The van der Waals surface area contributed by atoms with Gasteiger partial charge in [0.25, 0.3) is 5.91 Å². The monoisotopic (exact) mass is 304 g/mol. The molecule has 1 aromatic heterocycles. The molecular weight excluding hydrogens is 280 g/mol. The highest BCUT2D eigenvalue weighted by Crippen LogP contribution is 2.37. The first-order chi connectivity index (χ1) is 10.1. The maximum absolute atomic E-state index is 12.7. The maximum Gasteiger partial charge on any atom is 0.263 e. The predicted octanol–water partition coefficient (Wildman–Crippen LogP) is 3.31. The molecule has 114 valence electrons. The number of piperidine rings is 1. The summed E-state index contributed by atoms with van der Waals surface area (Å²) < 4.78 is 0. The Kier molecular flexibility index (Phi) is 4.18. The Bertz CT molecular complexity index is 539. The Morgan fingerprint density at radius 1 is 1.43 bits per heavy atom. The number of amides is 1. The highest BCUT2D eigenvalue weighted by molar-refractivity contribution is 7.12. The lowest BCUT2D eigenvalue weighted by molar-refractivity contribution is 0.0370. The third-order valence-electron chi connectivity index (χ3n) is 4.87. The van der Waals surface area contributed by atoms with Crippen molar-refractivity contribution in [3.8, 4) is 0 Å². The van der Waals surface area contributed by atoms with Crippen LogP contribution in [-0.2, 0) is 0 Å². The number of hydrogen-bond acceptors (Lipinski definition) is 3. The number of likely N-dealkylation sites (tertiary alicyclic amines) is 2. The summed E-state index contributed by atoms with van der Waals surface area (Å²) in [7, 11) is 0. The van der Waals surface area contributed by atoms with Crippen molar-refractivity contribution in [2.45, 2.75) is 38.1 Å². The van der Waals surface area contributed by atoms with Gasteiger partial charge in [-0.2, -0.15) is 0 Å². The molecule has 0 saturated carbocycles. The van der Waals surface area contributed by atoms with Crippen molar-refractivity contribution in [2.75, 3.05) is 26.2 Å². The van der Waals surface area contributed by atoms with Crippen LogP contribution in [0.2, 0.25) is 0 Å². The minimum atomic E-state index is 0.203. The number of rotatable bonds is 3. The molecule has 3 rings (SSSR count). The average Bonchev–Trinajstić information content (AvgIpc) is 3.07. The number of carbonyl (C=O) groups is 1. The van der Waals surface area contributed by atoms with Crippen LogP contribution in [0.15, 0.2) is 24.1 Å². The molecule has 1 unspecified atom stereocenters. The summed E-state index contributed by atoms with van der Waals surface area (Å²) in [5.41, 5.74) is 1.39. The van der Waals surface area contributed by atoms with Crippen molar-refractivity contribution in [1.29, 1.82) is 0 Å². The van der Waals surface area contributed by atoms with Gasteiger partial charge in [-0.25, -0.2) is 0 Å². The van der Waals surface area contributed by atoms with E-state index in [1.165, 1.54) is 24.8 Å².